The minimum absolute atomic E-state index is 0.0360. The van der Waals surface area contributed by atoms with E-state index < -0.39 is 157 Å². The number of ether oxygens (including phenoxy) is 2. The Labute approximate surface area is 800 Å². The molecular weight excluding hydrogens is 1790 g/mol. The molecule has 137 heavy (non-hydrogen) atoms. The summed E-state index contributed by atoms with van der Waals surface area (Å²) in [6.07, 6.45) is 49.6. The Bertz CT molecular complexity index is 4740. The van der Waals surface area contributed by atoms with E-state index in [-0.39, 0.29) is 93.7 Å². The van der Waals surface area contributed by atoms with Crippen LogP contribution in [0.1, 0.15) is 239 Å². The molecule has 0 saturated carbocycles. The van der Waals surface area contributed by atoms with E-state index in [4.69, 9.17) is 15.2 Å². The number of unbranched alkanes of at least 4 members (excludes halogenated alkanes) is 24. The predicted octanol–water partition coefficient (Wildman–Crippen LogP) is 3.22. The Hall–Kier alpha value is -12.8. The van der Waals surface area contributed by atoms with Crippen LogP contribution in [0.25, 0.3) is 0 Å². The van der Waals surface area contributed by atoms with Gasteiger partial charge in [0.2, 0.25) is 59.1 Å². The molecule has 0 radical (unpaired) electrons. The third-order valence-corrected chi connectivity index (χ3v) is 24.2. The van der Waals surface area contributed by atoms with Crippen LogP contribution in [0.2, 0.25) is 0 Å². The number of nitrogens with zero attached hydrogens (tertiary/aromatic N) is 8. The normalized spacial score (nSPS) is 14.0. The average molecular weight is 1930 g/mol. The lowest BCUT2D eigenvalue weighted by Gasteiger charge is -2.28. The summed E-state index contributed by atoms with van der Waals surface area (Å²) in [5.41, 5.74) is 9.18. The van der Waals surface area contributed by atoms with E-state index in [1.165, 1.54) is 203 Å². The van der Waals surface area contributed by atoms with Crippen molar-refractivity contribution in [2.24, 2.45) is 5.73 Å². The number of nitrogens with one attached hydrogen (secondary N) is 18. The van der Waals surface area contributed by atoms with E-state index >= 15 is 19.2 Å². The summed E-state index contributed by atoms with van der Waals surface area (Å²) in [5.74, 6) is -10.7. The molecule has 12 atom stereocenters. The molecule has 8 rings (SSSR count). The van der Waals surface area contributed by atoms with Gasteiger partial charge in [-0.15, -0.1) is 0 Å². The Kier molecular flexibility index (Phi) is 50.8. The average Bonchev–Trinajstić information content (AvgIpc) is 1.82. The topological polar surface area (TPSA) is 657 Å². The predicted molar refractivity (Wildman–Crippen MR) is 505 cm³/mol. The van der Waals surface area contributed by atoms with Crippen LogP contribution in [-0.4, -0.2) is 271 Å². The number of thioether (sulfide) groups is 1. The van der Waals surface area contributed by atoms with Gasteiger partial charge in [0.1, 0.15) is 73.4 Å². The summed E-state index contributed by atoms with van der Waals surface area (Å²) in [4.78, 5) is 240. The first kappa shape index (κ1) is 110. The van der Waals surface area contributed by atoms with Crippen molar-refractivity contribution in [1.82, 2.24) is 133 Å². The van der Waals surface area contributed by atoms with Crippen LogP contribution in [0.15, 0.2) is 100 Å². The highest BCUT2D eigenvalue weighted by Gasteiger charge is 2.38. The molecule has 750 valence electrons. The minimum atomic E-state index is -1.86. The quantitative estimate of drug-likeness (QED) is 0.0148. The molecule has 0 bridgehead atoms. The van der Waals surface area contributed by atoms with E-state index in [2.05, 4.69) is 147 Å². The molecule has 8 heterocycles. The van der Waals surface area contributed by atoms with Gasteiger partial charge >= 0.3 is 11.9 Å². The van der Waals surface area contributed by atoms with Crippen molar-refractivity contribution in [2.75, 3.05) is 31.3 Å². The molecule has 10 amide bonds. The van der Waals surface area contributed by atoms with Crippen molar-refractivity contribution in [2.45, 2.75) is 318 Å². The number of amides is 10. The lowest BCUT2D eigenvalue weighted by atomic mass is 10.0. The molecule has 22 N–H and O–H groups in total. The number of H-pyrrole nitrogens is 8. The second-order valence-electron chi connectivity index (χ2n) is 34.3. The molecule has 0 aliphatic heterocycles. The van der Waals surface area contributed by atoms with Crippen molar-refractivity contribution >= 4 is 89.1 Å². The molecule has 0 aliphatic carbocycles. The molecular formula is C92H139N27O17S. The number of aliphatic hydroxyl groups excluding tert-OH is 2. The number of aliphatic hydroxyl groups is 2. The number of aromatic nitrogens is 16. The van der Waals surface area contributed by atoms with Crippen LogP contribution in [-0.2, 0) is 123 Å². The first-order valence-electron chi connectivity index (χ1n) is 47.8. The van der Waals surface area contributed by atoms with Gasteiger partial charge in [-0.2, -0.15) is 11.8 Å². The van der Waals surface area contributed by atoms with Crippen LogP contribution >= 0.6 is 11.8 Å². The fourth-order valence-corrected chi connectivity index (χ4v) is 16.2. The molecule has 0 fully saturated rings. The number of carbonyl (C=O) groups excluding carboxylic acids is 13. The van der Waals surface area contributed by atoms with Crippen LogP contribution in [0.3, 0.4) is 0 Å². The van der Waals surface area contributed by atoms with Crippen molar-refractivity contribution < 1.29 is 82.0 Å². The molecule has 7 unspecified atom stereocenters. The highest BCUT2D eigenvalue weighted by molar-refractivity contribution is 7.99. The molecule has 8 aromatic rings. The number of carbonyl (C=O) groups is 13. The summed E-state index contributed by atoms with van der Waals surface area (Å²) in [5, 5.41) is 47.3. The molecule has 45 heteroatoms. The van der Waals surface area contributed by atoms with Gasteiger partial charge in [0, 0.05) is 171 Å². The maximum absolute atomic E-state index is 15.2. The van der Waals surface area contributed by atoms with E-state index in [1.807, 2.05) is 0 Å². The number of nitrogens with two attached hydrogens (primary N) is 1. The molecule has 0 spiro atoms. The Morgan fingerprint density at radius 1 is 0.314 bits per heavy atom. The summed E-state index contributed by atoms with van der Waals surface area (Å²) in [6, 6.07) is -17.0. The van der Waals surface area contributed by atoms with Crippen LogP contribution in [0, 0.1) is 0 Å². The fourth-order valence-electron chi connectivity index (χ4n) is 15.3. The van der Waals surface area contributed by atoms with Gasteiger partial charge in [0.25, 0.3) is 0 Å². The van der Waals surface area contributed by atoms with Crippen molar-refractivity contribution in [3.8, 4) is 0 Å². The zero-order chi connectivity index (χ0) is 98.0. The lowest BCUT2D eigenvalue weighted by molar-refractivity contribution is -0.157. The third-order valence-electron chi connectivity index (χ3n) is 23.0. The third kappa shape index (κ3) is 42.6. The van der Waals surface area contributed by atoms with Gasteiger partial charge in [0.05, 0.1) is 75.9 Å². The van der Waals surface area contributed by atoms with Gasteiger partial charge in [0.15, 0.2) is 0 Å². The lowest BCUT2D eigenvalue weighted by Crippen LogP contribution is -2.62. The Balaban J connectivity index is 0.900. The smallest absolute Gasteiger partial charge is 0.306 e. The molecule has 8 aromatic heterocycles. The van der Waals surface area contributed by atoms with Crippen LogP contribution in [0.5, 0.6) is 0 Å². The zero-order valence-electron chi connectivity index (χ0n) is 78.3. The van der Waals surface area contributed by atoms with Gasteiger partial charge < -0.3 is 123 Å². The summed E-state index contributed by atoms with van der Waals surface area (Å²) in [7, 11) is 0. The highest BCUT2D eigenvalue weighted by atomic mass is 32.2. The number of rotatable bonds is 74. The van der Waals surface area contributed by atoms with Gasteiger partial charge in [-0.1, -0.05) is 168 Å². The minimum Gasteiger partial charge on any atom is -0.462 e. The fraction of sp³-hybridized carbons (Fsp3) is 0.598. The first-order valence-corrected chi connectivity index (χ1v) is 48.9. The SMILES string of the molecule is CCCCCCCCCCCCCCCC(=O)OCC(CSCC(N)C(=O)N[C@@H](CO)C(=O)NC(CO)C(=O)N[C@@H](Cc1cnc[nH]1)C(=O)NC(Cc1cnc[nH]1)C(=O)N[C@@H](Cc1cnc[nH]1)C(=O)NC(Cc1cnc[nH]1)C(=O)N[C@@H](Cc1cnc[nH]1)C(=O)NC(Cc1cnc[nH]1)C(=O)N[C@@H](Cc1cnc[nH]1)C(=O)NC(C=O)Cc1cnc[nH]1)OC(=O)CCCCCCCCCCCCCCC. The van der Waals surface area contributed by atoms with Crippen molar-refractivity contribution in [3.63, 3.8) is 0 Å². The molecule has 0 aromatic carbocycles. The summed E-state index contributed by atoms with van der Waals surface area (Å²) in [6.45, 7) is 2.10. The number of hydrogen-bond donors (Lipinski definition) is 21. The number of imidazole rings is 8. The highest BCUT2D eigenvalue weighted by Crippen LogP contribution is 2.20. The van der Waals surface area contributed by atoms with Crippen molar-refractivity contribution in [1.29, 1.82) is 0 Å². The standard InChI is InChI=1S/C92H139N27O17S/c1-3-5-7-9-11-13-15-17-19-21-23-25-27-29-81(123)135-50-70(136-82(124)30-28-26-24-22-20-18-16-14-12-10-8-6-4-2)51-137-52-71(93)83(125)118-79(48-121)92(134)119-80(49-122)91(133)117-78(38-68-46-101-60-109-68)90(132)116-77(37-67-45-100-59-108-67)89(131)115-76(36-66-44-99-58-107-66)88(130)114-75(35-65-43-98-57-106-65)87(129)113-74(34-64-42-97-56-105-64)86(128)112-73(33-63-41-96-55-104-63)85(127)111-72(32-62-40-95-54-103-62)84(126)110-69(47-120)31-61-39-94-53-102-61/h39-47,53-60,69-80,121-122H,3-38,48-52,93H2,1-2H3,(H,94,102)(H,95,103)(H,96,104)(H,97,105)(H,98,106)(H,99,107)(H,100,108)(H,101,109)(H,110,126)(H,111,127)(H,112,128)(H,113,129)(H,114,130)(H,115,131)(H,116,132)(H,117,133)(H,118,125)(H,119,134)/t69?,70?,71?,72-,73?,74-,75?,76-,77?,78-,79-,80?/m0/s1. The largest absolute Gasteiger partial charge is 0.462 e. The Morgan fingerprint density at radius 2 is 0.540 bits per heavy atom. The summed E-state index contributed by atoms with van der Waals surface area (Å²) >= 11 is 1.13. The first-order chi connectivity index (χ1) is 66.6. The maximum atomic E-state index is 15.2. The second-order valence-corrected chi connectivity index (χ2v) is 35.4. The Morgan fingerprint density at radius 3 is 0.788 bits per heavy atom. The van der Waals surface area contributed by atoms with Gasteiger partial charge in [-0.05, 0) is 12.8 Å². The second kappa shape index (κ2) is 63.5. The molecule has 0 saturated heterocycles. The maximum Gasteiger partial charge on any atom is 0.306 e. The number of aldehydes is 1. The number of hydrogen-bond acceptors (Lipinski definition) is 27. The van der Waals surface area contributed by atoms with E-state index in [0.717, 1.165) is 63.1 Å². The molecule has 44 nitrogen and oxygen atoms in total. The van der Waals surface area contributed by atoms with Gasteiger partial charge in [-0.3, -0.25) is 57.5 Å². The van der Waals surface area contributed by atoms with Crippen LogP contribution in [0.4, 0.5) is 0 Å². The van der Waals surface area contributed by atoms with Crippen molar-refractivity contribution in [3.05, 3.63) is 146 Å². The van der Waals surface area contributed by atoms with E-state index in [9.17, 15) is 53.4 Å². The van der Waals surface area contributed by atoms with Gasteiger partial charge in [-0.25, -0.2) is 39.9 Å². The number of aromatic amines is 8. The monoisotopic (exact) mass is 1930 g/mol. The summed E-state index contributed by atoms with van der Waals surface area (Å²) < 4.78 is 11.5. The zero-order valence-corrected chi connectivity index (χ0v) is 79.1. The number of esters is 2. The van der Waals surface area contributed by atoms with E-state index in [0.29, 0.717) is 53.3 Å². The van der Waals surface area contributed by atoms with E-state index in [1.54, 1.807) is 0 Å². The molecule has 0 aliphatic rings. The van der Waals surface area contributed by atoms with Crippen LogP contribution < -0.4 is 58.9 Å².